The fraction of sp³-hybridized carbons (Fsp3) is 0.278. The number of fused-ring (bicyclic) bond motifs is 1. The third-order valence-electron chi connectivity index (χ3n) is 4.22. The molecule has 25 heavy (non-hydrogen) atoms. The van der Waals surface area contributed by atoms with Crippen molar-refractivity contribution in [3.63, 3.8) is 0 Å². The van der Waals surface area contributed by atoms with E-state index in [1.807, 2.05) is 18.3 Å². The van der Waals surface area contributed by atoms with Crippen LogP contribution in [0, 0.1) is 0 Å². The van der Waals surface area contributed by atoms with Gasteiger partial charge in [-0.2, -0.15) is 0 Å². The predicted molar refractivity (Wildman–Crippen MR) is 95.2 cm³/mol. The molecule has 3 aromatic heterocycles. The number of ketones is 1. The minimum Gasteiger partial charge on any atom is -0.294 e. The van der Waals surface area contributed by atoms with Crippen LogP contribution in [0.25, 0.3) is 11.4 Å². The topological polar surface area (TPSA) is 71.9 Å². The Labute approximate surface area is 149 Å². The molecule has 0 atom stereocenters. The maximum atomic E-state index is 11.4. The quantitative estimate of drug-likeness (QED) is 0.673. The molecular weight excluding hydrogens is 334 g/mol. The summed E-state index contributed by atoms with van der Waals surface area (Å²) < 4.78 is 0. The summed E-state index contributed by atoms with van der Waals surface area (Å²) in [4.78, 5) is 33.1. The van der Waals surface area contributed by atoms with Gasteiger partial charge in [-0.3, -0.25) is 9.69 Å². The van der Waals surface area contributed by atoms with Crippen molar-refractivity contribution in [2.24, 2.45) is 0 Å². The SMILES string of the molecule is CC(=O)c1ccc(CN2CCc3nc(-c4cncnc4)ncc3C2)s1. The average molecular weight is 351 g/mol. The summed E-state index contributed by atoms with van der Waals surface area (Å²) in [6.45, 7) is 4.24. The van der Waals surface area contributed by atoms with Crippen LogP contribution in [0.2, 0.25) is 0 Å². The number of aromatic nitrogens is 4. The van der Waals surface area contributed by atoms with Gasteiger partial charge in [0.1, 0.15) is 6.33 Å². The molecule has 0 N–H and O–H groups in total. The summed E-state index contributed by atoms with van der Waals surface area (Å²) in [6, 6.07) is 3.96. The van der Waals surface area contributed by atoms with E-state index in [1.54, 1.807) is 30.7 Å². The summed E-state index contributed by atoms with van der Waals surface area (Å²) in [5.74, 6) is 0.809. The maximum Gasteiger partial charge on any atom is 0.169 e. The number of Topliss-reactive ketones (excluding diaryl/α,β-unsaturated/α-hetero) is 1. The van der Waals surface area contributed by atoms with E-state index in [2.05, 4.69) is 19.9 Å². The number of nitrogens with zero attached hydrogens (tertiary/aromatic N) is 5. The number of thiophene rings is 1. The van der Waals surface area contributed by atoms with E-state index in [4.69, 9.17) is 4.98 Å². The smallest absolute Gasteiger partial charge is 0.169 e. The van der Waals surface area contributed by atoms with Gasteiger partial charge < -0.3 is 0 Å². The molecule has 4 rings (SSSR count). The van der Waals surface area contributed by atoms with E-state index in [0.717, 1.165) is 47.8 Å². The molecule has 0 saturated carbocycles. The van der Waals surface area contributed by atoms with Crippen molar-refractivity contribution in [2.45, 2.75) is 26.4 Å². The highest BCUT2D eigenvalue weighted by atomic mass is 32.1. The Morgan fingerprint density at radius 2 is 2.08 bits per heavy atom. The molecule has 0 unspecified atom stereocenters. The molecule has 0 saturated heterocycles. The lowest BCUT2D eigenvalue weighted by molar-refractivity contribution is 0.102. The van der Waals surface area contributed by atoms with Crippen LogP contribution in [0.4, 0.5) is 0 Å². The standard InChI is InChI=1S/C18H17N5OS/c1-12(24)17-3-2-15(25-17)10-23-5-4-16-14(9-23)8-21-18(22-16)13-6-19-11-20-7-13/h2-3,6-8,11H,4-5,9-10H2,1H3. The molecule has 3 aromatic rings. The van der Waals surface area contributed by atoms with E-state index in [-0.39, 0.29) is 5.78 Å². The van der Waals surface area contributed by atoms with Crippen molar-refractivity contribution < 1.29 is 4.79 Å². The van der Waals surface area contributed by atoms with Crippen LogP contribution >= 0.6 is 11.3 Å². The minimum atomic E-state index is 0.131. The van der Waals surface area contributed by atoms with E-state index in [1.165, 1.54) is 11.2 Å². The molecule has 4 heterocycles. The Morgan fingerprint density at radius 3 is 2.84 bits per heavy atom. The number of hydrogen-bond donors (Lipinski definition) is 0. The van der Waals surface area contributed by atoms with Crippen LogP contribution < -0.4 is 0 Å². The zero-order valence-corrected chi connectivity index (χ0v) is 14.7. The third-order valence-corrected chi connectivity index (χ3v) is 5.39. The fourth-order valence-electron chi connectivity index (χ4n) is 2.94. The number of carbonyl (C=O) groups is 1. The Kier molecular flexibility index (Phi) is 4.33. The first kappa shape index (κ1) is 16.0. The number of hydrogen-bond acceptors (Lipinski definition) is 7. The van der Waals surface area contributed by atoms with Crippen molar-refractivity contribution in [1.82, 2.24) is 24.8 Å². The first-order valence-corrected chi connectivity index (χ1v) is 8.93. The van der Waals surface area contributed by atoms with Gasteiger partial charge in [-0.05, 0) is 19.1 Å². The highest BCUT2D eigenvalue weighted by Gasteiger charge is 2.19. The lowest BCUT2D eigenvalue weighted by atomic mass is 10.1. The van der Waals surface area contributed by atoms with Crippen molar-refractivity contribution in [1.29, 1.82) is 0 Å². The van der Waals surface area contributed by atoms with Crippen molar-refractivity contribution >= 4 is 17.1 Å². The second-order valence-electron chi connectivity index (χ2n) is 6.08. The second kappa shape index (κ2) is 6.78. The molecule has 0 aliphatic carbocycles. The monoisotopic (exact) mass is 351 g/mol. The summed E-state index contributed by atoms with van der Waals surface area (Å²) in [7, 11) is 0. The van der Waals surface area contributed by atoms with Gasteiger partial charge in [0.25, 0.3) is 0 Å². The highest BCUT2D eigenvalue weighted by Crippen LogP contribution is 2.24. The zero-order chi connectivity index (χ0) is 17.2. The molecule has 126 valence electrons. The van der Waals surface area contributed by atoms with Crippen LogP contribution in [0.3, 0.4) is 0 Å². The maximum absolute atomic E-state index is 11.4. The molecule has 0 fully saturated rings. The van der Waals surface area contributed by atoms with Crippen LogP contribution in [-0.4, -0.2) is 37.2 Å². The third kappa shape index (κ3) is 3.47. The first-order chi connectivity index (χ1) is 12.2. The Hall–Kier alpha value is -2.51. The van der Waals surface area contributed by atoms with Crippen molar-refractivity contribution in [2.75, 3.05) is 6.54 Å². The van der Waals surface area contributed by atoms with Gasteiger partial charge in [-0.1, -0.05) is 0 Å². The van der Waals surface area contributed by atoms with E-state index in [0.29, 0.717) is 5.82 Å². The van der Waals surface area contributed by atoms with E-state index >= 15 is 0 Å². The molecular formula is C18H17N5OS. The largest absolute Gasteiger partial charge is 0.294 e. The Bertz CT molecular complexity index is 909. The lowest BCUT2D eigenvalue weighted by Gasteiger charge is -2.27. The summed E-state index contributed by atoms with van der Waals surface area (Å²) in [6.07, 6.45) is 7.76. The lowest BCUT2D eigenvalue weighted by Crippen LogP contribution is -2.30. The van der Waals surface area contributed by atoms with Gasteiger partial charge in [0.05, 0.1) is 16.1 Å². The molecule has 0 amide bonds. The second-order valence-corrected chi connectivity index (χ2v) is 7.24. The Morgan fingerprint density at radius 1 is 1.24 bits per heavy atom. The highest BCUT2D eigenvalue weighted by molar-refractivity contribution is 7.14. The minimum absolute atomic E-state index is 0.131. The van der Waals surface area contributed by atoms with Crippen LogP contribution in [0.1, 0.15) is 32.7 Å². The molecule has 0 spiro atoms. The first-order valence-electron chi connectivity index (χ1n) is 8.11. The summed E-state index contributed by atoms with van der Waals surface area (Å²) in [5.41, 5.74) is 3.10. The normalized spacial score (nSPS) is 14.3. The van der Waals surface area contributed by atoms with Gasteiger partial charge in [-0.25, -0.2) is 19.9 Å². The molecule has 1 aliphatic rings. The van der Waals surface area contributed by atoms with Gasteiger partial charge in [0, 0.05) is 55.1 Å². The van der Waals surface area contributed by atoms with Gasteiger partial charge >= 0.3 is 0 Å². The average Bonchev–Trinajstić information content (AvgIpc) is 3.11. The van der Waals surface area contributed by atoms with Crippen LogP contribution in [0.5, 0.6) is 0 Å². The summed E-state index contributed by atoms with van der Waals surface area (Å²) >= 11 is 1.58. The van der Waals surface area contributed by atoms with Crippen molar-refractivity contribution in [3.8, 4) is 11.4 Å². The molecule has 1 aliphatic heterocycles. The Balaban J connectivity index is 1.49. The molecule has 0 aromatic carbocycles. The summed E-state index contributed by atoms with van der Waals surface area (Å²) in [5, 5.41) is 0. The van der Waals surface area contributed by atoms with Crippen LogP contribution in [0.15, 0.2) is 37.1 Å². The van der Waals surface area contributed by atoms with Gasteiger partial charge in [0.15, 0.2) is 11.6 Å². The molecule has 0 bridgehead atoms. The van der Waals surface area contributed by atoms with E-state index < -0.39 is 0 Å². The number of rotatable bonds is 4. The molecule has 7 heteroatoms. The molecule has 0 radical (unpaired) electrons. The predicted octanol–water partition coefficient (Wildman–Crippen LogP) is 2.76. The van der Waals surface area contributed by atoms with E-state index in [9.17, 15) is 4.79 Å². The van der Waals surface area contributed by atoms with Gasteiger partial charge in [0.2, 0.25) is 0 Å². The van der Waals surface area contributed by atoms with Gasteiger partial charge in [-0.15, -0.1) is 11.3 Å². The molecule has 6 nitrogen and oxygen atoms in total. The number of carbonyl (C=O) groups excluding carboxylic acids is 1. The van der Waals surface area contributed by atoms with Crippen LogP contribution in [-0.2, 0) is 19.5 Å². The van der Waals surface area contributed by atoms with Crippen molar-refractivity contribution in [3.05, 3.63) is 58.1 Å². The zero-order valence-electron chi connectivity index (χ0n) is 13.8. The fourth-order valence-corrected chi connectivity index (χ4v) is 3.88.